The Morgan fingerprint density at radius 3 is 2.30 bits per heavy atom. The number of allylic oxidation sites excluding steroid dienone is 2. The van der Waals surface area contributed by atoms with E-state index in [0.29, 0.717) is 39.9 Å². The summed E-state index contributed by atoms with van der Waals surface area (Å²) in [6.45, 7) is -0.349. The number of hydrogen-bond acceptors (Lipinski definition) is 6. The number of carbonyl (C=O) groups is 4. The fourth-order valence-corrected chi connectivity index (χ4v) is 8.98. The van der Waals surface area contributed by atoms with Gasteiger partial charge in [0.1, 0.15) is 23.5 Å². The van der Waals surface area contributed by atoms with Gasteiger partial charge in [-0.25, -0.2) is 4.90 Å². The lowest BCUT2D eigenvalue weighted by atomic mass is 9.50. The number of amides is 4. The molecule has 4 amide bonds. The highest BCUT2D eigenvalue weighted by Gasteiger charge is 2.71. The number of aliphatic hydroxyl groups excluding tert-OH is 1. The molecule has 3 aromatic carbocycles. The zero-order chi connectivity index (χ0) is 32.6. The summed E-state index contributed by atoms with van der Waals surface area (Å²) in [5, 5.41) is 10.3. The minimum atomic E-state index is -1.43. The SMILES string of the molecule is O=C1C2CC=C3C(CC4C(=O)N(c5cccc(Cl)c5)C(=O)C4(c4ccccc4)C3c3ccc(CO)o3)C2C(=O)N1c1ccc(Br)cc1. The van der Waals surface area contributed by atoms with Gasteiger partial charge in [-0.3, -0.25) is 24.1 Å². The van der Waals surface area contributed by atoms with Crippen molar-refractivity contribution in [1.29, 1.82) is 0 Å². The van der Waals surface area contributed by atoms with Crippen LogP contribution in [0.2, 0.25) is 5.02 Å². The molecule has 4 aromatic rings. The van der Waals surface area contributed by atoms with Crippen LogP contribution >= 0.6 is 27.5 Å². The van der Waals surface area contributed by atoms with Crippen molar-refractivity contribution in [2.45, 2.75) is 30.8 Å². The van der Waals surface area contributed by atoms with Crippen molar-refractivity contribution < 1.29 is 28.7 Å². The standard InChI is InChI=1S/C37H28BrClN2O6/c38-21-9-11-23(12-10-21)40-33(43)27-15-14-26-28(31(27)35(40)45)18-29-34(44)41(24-8-4-7-22(39)17-24)36(46)37(29,20-5-2-1-3-6-20)32(26)30-16-13-25(19-42)47-30/h1-14,16-17,27-29,31-32,42H,15,18-19H2. The average molecular weight is 712 g/mol. The first-order valence-corrected chi connectivity index (χ1v) is 16.6. The number of imide groups is 2. The van der Waals surface area contributed by atoms with Gasteiger partial charge in [0.2, 0.25) is 23.6 Å². The van der Waals surface area contributed by atoms with E-state index in [9.17, 15) is 19.5 Å². The molecule has 3 fully saturated rings. The summed E-state index contributed by atoms with van der Waals surface area (Å²) in [4.78, 5) is 60.5. The van der Waals surface area contributed by atoms with Crippen molar-refractivity contribution in [2.24, 2.45) is 23.7 Å². The van der Waals surface area contributed by atoms with Crippen molar-refractivity contribution in [2.75, 3.05) is 9.80 Å². The van der Waals surface area contributed by atoms with Crippen LogP contribution in [0, 0.1) is 23.7 Å². The smallest absolute Gasteiger partial charge is 0.246 e. The van der Waals surface area contributed by atoms with Crippen molar-refractivity contribution in [3.05, 3.63) is 129 Å². The summed E-state index contributed by atoms with van der Waals surface area (Å²) in [5.74, 6) is -4.22. The molecule has 0 bridgehead atoms. The second kappa shape index (κ2) is 11.1. The van der Waals surface area contributed by atoms with Gasteiger partial charge in [-0.15, -0.1) is 0 Å². The van der Waals surface area contributed by atoms with E-state index in [1.165, 1.54) is 9.80 Å². The second-order valence-electron chi connectivity index (χ2n) is 12.5. The molecular weight excluding hydrogens is 684 g/mol. The van der Waals surface area contributed by atoms with Crippen molar-refractivity contribution >= 4 is 62.5 Å². The topological polar surface area (TPSA) is 108 Å². The van der Waals surface area contributed by atoms with Crippen LogP contribution in [0.15, 0.2) is 112 Å². The average Bonchev–Trinajstić information content (AvgIpc) is 3.72. The molecule has 4 aliphatic rings. The Hall–Kier alpha value is -4.31. The second-order valence-corrected chi connectivity index (χ2v) is 13.9. The maximum Gasteiger partial charge on any atom is 0.246 e. The van der Waals surface area contributed by atoms with Gasteiger partial charge in [-0.1, -0.05) is 75.6 Å². The molecule has 1 saturated carbocycles. The third-order valence-corrected chi connectivity index (χ3v) is 11.1. The molecule has 6 unspecified atom stereocenters. The first-order valence-electron chi connectivity index (χ1n) is 15.5. The minimum Gasteiger partial charge on any atom is -0.463 e. The summed E-state index contributed by atoms with van der Waals surface area (Å²) in [5.41, 5.74) is 0.847. The van der Waals surface area contributed by atoms with E-state index in [1.807, 2.05) is 36.4 Å². The summed E-state index contributed by atoms with van der Waals surface area (Å²) >= 11 is 9.78. The first-order chi connectivity index (χ1) is 22.7. The lowest BCUT2D eigenvalue weighted by Crippen LogP contribution is -2.53. The Bertz CT molecular complexity index is 1990. The van der Waals surface area contributed by atoms with Crippen LogP contribution in [0.1, 0.15) is 35.8 Å². The molecule has 1 N–H and O–H groups in total. The van der Waals surface area contributed by atoms with Gasteiger partial charge >= 0.3 is 0 Å². The first kappa shape index (κ1) is 30.1. The summed E-state index contributed by atoms with van der Waals surface area (Å²) in [6, 6.07) is 26.3. The Kier molecular flexibility index (Phi) is 7.13. The quantitative estimate of drug-likeness (QED) is 0.186. The van der Waals surface area contributed by atoms with E-state index in [2.05, 4.69) is 15.9 Å². The molecule has 3 heterocycles. The molecule has 0 radical (unpaired) electrons. The molecule has 10 heteroatoms. The number of halogens is 2. The van der Waals surface area contributed by atoms with Crippen LogP contribution in [0.4, 0.5) is 11.4 Å². The number of benzene rings is 3. The van der Waals surface area contributed by atoms with Crippen LogP contribution < -0.4 is 9.80 Å². The van der Waals surface area contributed by atoms with Crippen LogP contribution in [-0.2, 0) is 31.2 Å². The van der Waals surface area contributed by atoms with Crippen LogP contribution in [0.3, 0.4) is 0 Å². The van der Waals surface area contributed by atoms with E-state index in [1.54, 1.807) is 60.7 Å². The number of carbonyl (C=O) groups excluding carboxylic acids is 4. The van der Waals surface area contributed by atoms with E-state index in [4.69, 9.17) is 16.0 Å². The minimum absolute atomic E-state index is 0.181. The van der Waals surface area contributed by atoms with Crippen LogP contribution in [-0.4, -0.2) is 28.7 Å². The maximum absolute atomic E-state index is 15.1. The van der Waals surface area contributed by atoms with Gasteiger partial charge in [0, 0.05) is 9.50 Å². The number of furan rings is 1. The highest BCUT2D eigenvalue weighted by molar-refractivity contribution is 9.10. The summed E-state index contributed by atoms with van der Waals surface area (Å²) in [6.07, 6.45) is 2.46. The van der Waals surface area contributed by atoms with Crippen molar-refractivity contribution in [3.63, 3.8) is 0 Å². The molecule has 47 heavy (non-hydrogen) atoms. The Morgan fingerprint density at radius 1 is 0.830 bits per heavy atom. The Labute approximate surface area is 283 Å². The molecule has 8 rings (SSSR count). The normalized spacial score (nSPS) is 28.3. The third-order valence-electron chi connectivity index (χ3n) is 10.4. The Morgan fingerprint density at radius 2 is 1.60 bits per heavy atom. The molecule has 236 valence electrons. The highest BCUT2D eigenvalue weighted by Crippen LogP contribution is 2.64. The van der Waals surface area contributed by atoms with Gasteiger partial charge in [0.15, 0.2) is 0 Å². The van der Waals surface area contributed by atoms with Gasteiger partial charge in [0.05, 0.1) is 35.0 Å². The van der Waals surface area contributed by atoms with Gasteiger partial charge in [0.25, 0.3) is 0 Å². The van der Waals surface area contributed by atoms with E-state index in [-0.39, 0.29) is 24.8 Å². The fourth-order valence-electron chi connectivity index (χ4n) is 8.53. The molecule has 0 spiro atoms. The van der Waals surface area contributed by atoms with E-state index >= 15 is 4.79 Å². The number of nitrogens with zero attached hydrogens (tertiary/aromatic N) is 2. The molecule has 1 aromatic heterocycles. The summed E-state index contributed by atoms with van der Waals surface area (Å²) < 4.78 is 7.04. The monoisotopic (exact) mass is 710 g/mol. The molecule has 2 aliphatic heterocycles. The predicted octanol–water partition coefficient (Wildman–Crippen LogP) is 6.55. The summed E-state index contributed by atoms with van der Waals surface area (Å²) in [7, 11) is 0. The molecule has 2 saturated heterocycles. The number of rotatable bonds is 5. The third kappa shape index (κ3) is 4.29. The molecule has 8 nitrogen and oxygen atoms in total. The zero-order valence-electron chi connectivity index (χ0n) is 24.9. The number of anilines is 2. The van der Waals surface area contributed by atoms with Crippen LogP contribution in [0.25, 0.3) is 0 Å². The van der Waals surface area contributed by atoms with Gasteiger partial charge in [-0.2, -0.15) is 0 Å². The largest absolute Gasteiger partial charge is 0.463 e. The predicted molar refractivity (Wildman–Crippen MR) is 177 cm³/mol. The van der Waals surface area contributed by atoms with Gasteiger partial charge in [-0.05, 0) is 78.9 Å². The number of hydrogen-bond donors (Lipinski definition) is 1. The van der Waals surface area contributed by atoms with Crippen LogP contribution in [0.5, 0.6) is 0 Å². The van der Waals surface area contributed by atoms with E-state index in [0.717, 1.165) is 10.0 Å². The maximum atomic E-state index is 15.1. The molecular formula is C37H28BrClN2O6. The van der Waals surface area contributed by atoms with Crippen molar-refractivity contribution in [1.82, 2.24) is 0 Å². The lowest BCUT2D eigenvalue weighted by Gasteiger charge is -2.49. The van der Waals surface area contributed by atoms with Crippen molar-refractivity contribution in [3.8, 4) is 0 Å². The number of fused-ring (bicyclic) bond motifs is 4. The fraction of sp³-hybridized carbons (Fsp3) is 0.243. The number of aliphatic hydroxyl groups is 1. The lowest BCUT2D eigenvalue weighted by molar-refractivity contribution is -0.127. The molecule has 6 atom stereocenters. The highest BCUT2D eigenvalue weighted by atomic mass is 79.9. The Balaban J connectivity index is 1.34. The zero-order valence-corrected chi connectivity index (χ0v) is 27.2. The van der Waals surface area contributed by atoms with E-state index < -0.39 is 46.8 Å². The molecule has 2 aliphatic carbocycles. The van der Waals surface area contributed by atoms with Gasteiger partial charge < -0.3 is 9.52 Å².